The lowest BCUT2D eigenvalue weighted by Crippen LogP contribution is -2.31. The Morgan fingerprint density at radius 3 is 1.83 bits per heavy atom. The second-order valence-corrected chi connectivity index (χ2v) is 8.28. The minimum absolute atomic E-state index is 0.264. The molecule has 4 aromatic carbocycles. The van der Waals surface area contributed by atoms with Crippen LogP contribution in [-0.4, -0.2) is 21.9 Å². The third-order valence-corrected chi connectivity index (χ3v) is 5.83. The highest BCUT2D eigenvalue weighted by Crippen LogP contribution is 2.40. The van der Waals surface area contributed by atoms with Gasteiger partial charge < -0.3 is 15.5 Å². The van der Waals surface area contributed by atoms with Gasteiger partial charge in [0.05, 0.1) is 0 Å². The minimum atomic E-state index is -1.60. The molecule has 4 aromatic rings. The van der Waals surface area contributed by atoms with Gasteiger partial charge in [0.1, 0.15) is 11.4 Å². The van der Waals surface area contributed by atoms with Crippen LogP contribution in [0.2, 0.25) is 5.02 Å². The lowest BCUT2D eigenvalue weighted by molar-refractivity contribution is -0.132. The molecule has 1 amide bonds. The highest BCUT2D eigenvalue weighted by atomic mass is 35.5. The van der Waals surface area contributed by atoms with Gasteiger partial charge in [-0.15, -0.1) is 0 Å². The van der Waals surface area contributed by atoms with E-state index in [-0.39, 0.29) is 11.4 Å². The molecule has 0 aliphatic rings. The lowest BCUT2D eigenvalue weighted by Gasteiger charge is -2.31. The standard InChI is InChI=1S/C29H22ClNO4/c30-23-17-15-20(16-18-23)26(32)19-27(33)28(34)31-25-14-8-7-13-24(25)29(35,21-9-3-1-4-10-21)22-11-5-2-6-12-22/h1-19,32,35H,(H,31,34)/b26-19+. The van der Waals surface area contributed by atoms with Gasteiger partial charge in [0.2, 0.25) is 5.78 Å². The lowest BCUT2D eigenvalue weighted by atomic mass is 9.79. The van der Waals surface area contributed by atoms with Crippen LogP contribution < -0.4 is 5.32 Å². The van der Waals surface area contributed by atoms with E-state index in [4.69, 9.17) is 11.6 Å². The van der Waals surface area contributed by atoms with Crippen molar-refractivity contribution in [2.75, 3.05) is 5.32 Å². The van der Waals surface area contributed by atoms with Crippen LogP contribution in [0.1, 0.15) is 22.3 Å². The SMILES string of the molecule is O=C(/C=C(/O)c1ccc(Cl)cc1)C(=O)Nc1ccccc1C(O)(c1ccccc1)c1ccccc1. The highest BCUT2D eigenvalue weighted by Gasteiger charge is 2.36. The number of carbonyl (C=O) groups is 2. The van der Waals surface area contributed by atoms with Gasteiger partial charge in [0.25, 0.3) is 5.91 Å². The predicted molar refractivity (Wildman–Crippen MR) is 137 cm³/mol. The second-order valence-electron chi connectivity index (χ2n) is 7.84. The number of nitrogens with one attached hydrogen (secondary N) is 1. The minimum Gasteiger partial charge on any atom is -0.507 e. The Morgan fingerprint density at radius 1 is 0.743 bits per heavy atom. The smallest absolute Gasteiger partial charge is 0.296 e. The van der Waals surface area contributed by atoms with Crippen molar-refractivity contribution in [1.82, 2.24) is 0 Å². The fraction of sp³-hybridized carbons (Fsp3) is 0.0345. The Labute approximate surface area is 208 Å². The number of rotatable bonds is 7. The van der Waals surface area contributed by atoms with Crippen LogP contribution in [0.4, 0.5) is 5.69 Å². The summed E-state index contributed by atoms with van der Waals surface area (Å²) >= 11 is 5.85. The number of hydrogen-bond donors (Lipinski definition) is 3. The first-order valence-corrected chi connectivity index (χ1v) is 11.2. The van der Waals surface area contributed by atoms with Crippen molar-refractivity contribution < 1.29 is 19.8 Å². The molecule has 0 heterocycles. The number of halogens is 1. The fourth-order valence-corrected chi connectivity index (χ4v) is 3.95. The summed E-state index contributed by atoms with van der Waals surface area (Å²) in [5, 5.41) is 25.4. The molecule has 0 fully saturated rings. The Bertz CT molecular complexity index is 1330. The summed E-state index contributed by atoms with van der Waals surface area (Å²) in [7, 11) is 0. The summed E-state index contributed by atoms with van der Waals surface area (Å²) in [4.78, 5) is 25.3. The normalized spacial score (nSPS) is 11.7. The average Bonchev–Trinajstić information content (AvgIpc) is 2.90. The fourth-order valence-electron chi connectivity index (χ4n) is 3.82. The average molecular weight is 484 g/mol. The van der Waals surface area contributed by atoms with Crippen LogP contribution in [0.15, 0.2) is 115 Å². The molecule has 0 saturated carbocycles. The van der Waals surface area contributed by atoms with Gasteiger partial charge in [-0.05, 0) is 41.5 Å². The molecule has 0 aliphatic carbocycles. The van der Waals surface area contributed by atoms with E-state index in [1.165, 1.54) is 12.1 Å². The quantitative estimate of drug-likeness (QED) is 0.135. The molecule has 6 heteroatoms. The third kappa shape index (κ3) is 5.17. The van der Waals surface area contributed by atoms with Crippen molar-refractivity contribution in [2.45, 2.75) is 5.60 Å². The topological polar surface area (TPSA) is 86.6 Å². The number of benzene rings is 4. The maximum absolute atomic E-state index is 12.8. The molecule has 35 heavy (non-hydrogen) atoms. The van der Waals surface area contributed by atoms with Gasteiger partial charge >= 0.3 is 0 Å². The molecule has 0 aromatic heterocycles. The Kier molecular flexibility index (Phi) is 7.11. The molecule has 174 valence electrons. The van der Waals surface area contributed by atoms with E-state index in [1.807, 2.05) is 36.4 Å². The van der Waals surface area contributed by atoms with Crippen molar-refractivity contribution >= 4 is 34.7 Å². The van der Waals surface area contributed by atoms with Crippen molar-refractivity contribution in [3.8, 4) is 0 Å². The Morgan fingerprint density at radius 2 is 1.26 bits per heavy atom. The zero-order valence-electron chi connectivity index (χ0n) is 18.6. The van der Waals surface area contributed by atoms with Gasteiger partial charge in [-0.3, -0.25) is 9.59 Å². The molecule has 3 N–H and O–H groups in total. The van der Waals surface area contributed by atoms with Crippen molar-refractivity contribution in [1.29, 1.82) is 0 Å². The van der Waals surface area contributed by atoms with Crippen LogP contribution in [0.3, 0.4) is 0 Å². The summed E-state index contributed by atoms with van der Waals surface area (Å²) < 4.78 is 0. The zero-order chi connectivity index (χ0) is 24.8. The summed E-state index contributed by atoms with van der Waals surface area (Å²) in [6.07, 6.45) is 0.849. The van der Waals surface area contributed by atoms with Crippen LogP contribution >= 0.6 is 11.6 Å². The van der Waals surface area contributed by atoms with E-state index in [9.17, 15) is 19.8 Å². The number of ketones is 1. The highest BCUT2D eigenvalue weighted by molar-refractivity contribution is 6.45. The van der Waals surface area contributed by atoms with E-state index in [0.29, 0.717) is 27.3 Å². The number of anilines is 1. The Balaban J connectivity index is 1.69. The molecular formula is C29H22ClNO4. The molecule has 0 spiro atoms. The predicted octanol–water partition coefficient (Wildman–Crippen LogP) is 5.73. The number of carbonyl (C=O) groups excluding carboxylic acids is 2. The molecule has 4 rings (SSSR count). The number of hydrogen-bond acceptors (Lipinski definition) is 4. The van der Waals surface area contributed by atoms with Gasteiger partial charge in [-0.2, -0.15) is 0 Å². The summed E-state index contributed by atoms with van der Waals surface area (Å²) in [5.74, 6) is -2.27. The van der Waals surface area contributed by atoms with Crippen molar-refractivity contribution in [2.24, 2.45) is 0 Å². The van der Waals surface area contributed by atoms with E-state index in [1.54, 1.807) is 60.7 Å². The van der Waals surface area contributed by atoms with Gasteiger partial charge in [0, 0.05) is 27.9 Å². The summed E-state index contributed by atoms with van der Waals surface area (Å²) in [5.41, 5.74) is 0.596. The molecule has 0 saturated heterocycles. The van der Waals surface area contributed by atoms with Crippen LogP contribution in [0.25, 0.3) is 5.76 Å². The monoisotopic (exact) mass is 483 g/mol. The maximum atomic E-state index is 12.8. The van der Waals surface area contributed by atoms with Gasteiger partial charge in [0.15, 0.2) is 0 Å². The number of amides is 1. The Hall–Kier alpha value is -4.19. The van der Waals surface area contributed by atoms with E-state index in [0.717, 1.165) is 6.08 Å². The van der Waals surface area contributed by atoms with E-state index >= 15 is 0 Å². The first-order valence-electron chi connectivity index (χ1n) is 10.8. The number of aliphatic hydroxyl groups excluding tert-OH is 1. The molecule has 5 nitrogen and oxygen atoms in total. The van der Waals surface area contributed by atoms with Crippen LogP contribution in [0, 0.1) is 0 Å². The summed E-state index contributed by atoms with van der Waals surface area (Å²) in [6.45, 7) is 0. The largest absolute Gasteiger partial charge is 0.507 e. The third-order valence-electron chi connectivity index (χ3n) is 5.58. The van der Waals surface area contributed by atoms with Crippen molar-refractivity contribution in [3.63, 3.8) is 0 Å². The molecule has 0 unspecified atom stereocenters. The van der Waals surface area contributed by atoms with Gasteiger partial charge in [-0.25, -0.2) is 0 Å². The molecule has 0 bridgehead atoms. The van der Waals surface area contributed by atoms with Crippen LogP contribution in [0.5, 0.6) is 0 Å². The maximum Gasteiger partial charge on any atom is 0.296 e. The summed E-state index contributed by atoms with van der Waals surface area (Å²) in [6, 6.07) is 31.1. The molecule has 0 atom stereocenters. The second kappa shape index (κ2) is 10.4. The van der Waals surface area contributed by atoms with Gasteiger partial charge in [-0.1, -0.05) is 90.5 Å². The molecular weight excluding hydrogens is 462 g/mol. The zero-order valence-corrected chi connectivity index (χ0v) is 19.3. The first kappa shape index (κ1) is 24.0. The first-order chi connectivity index (χ1) is 16.9. The van der Waals surface area contributed by atoms with Crippen LogP contribution in [-0.2, 0) is 15.2 Å². The molecule has 0 radical (unpaired) electrons. The van der Waals surface area contributed by atoms with E-state index in [2.05, 4.69) is 5.32 Å². The van der Waals surface area contributed by atoms with E-state index < -0.39 is 17.3 Å². The number of aliphatic hydroxyl groups is 2. The molecule has 0 aliphatic heterocycles. The number of para-hydroxylation sites is 1. The van der Waals surface area contributed by atoms with Crippen molar-refractivity contribution in [3.05, 3.63) is 143 Å².